The zero-order chi connectivity index (χ0) is 23.7. The SMILES string of the molecule is COC(=O)C1=NN(c2ccc(C)cc2)C2(C=CC(c3ccc(C)cc3)=NN2c2ccccc2)S1. The van der Waals surface area contributed by atoms with Gasteiger partial charge >= 0.3 is 5.97 Å². The van der Waals surface area contributed by atoms with Gasteiger partial charge in [-0.1, -0.05) is 65.7 Å². The van der Waals surface area contributed by atoms with Gasteiger partial charge in [-0.3, -0.25) is 0 Å². The standard InChI is InChI=1S/C27H24N4O2S/c1-19-9-13-21(14-10-19)24-17-18-27(30(28-24)22-7-5-4-6-8-22)31(23-15-11-20(2)12-16-23)29-25(34-27)26(32)33-3/h4-18H,1-3H3. The molecule has 6 nitrogen and oxygen atoms in total. The summed E-state index contributed by atoms with van der Waals surface area (Å²) in [4.78, 5) is 11.6. The summed E-state index contributed by atoms with van der Waals surface area (Å²) in [5.41, 5.74) is 5.88. The normalized spacial score (nSPS) is 19.3. The largest absolute Gasteiger partial charge is 0.464 e. The van der Waals surface area contributed by atoms with Crippen LogP contribution in [0.5, 0.6) is 0 Å². The van der Waals surface area contributed by atoms with Gasteiger partial charge in [-0.15, -0.1) is 0 Å². The number of hydrazone groups is 2. The number of hydrogen-bond acceptors (Lipinski definition) is 7. The van der Waals surface area contributed by atoms with E-state index in [9.17, 15) is 4.79 Å². The highest BCUT2D eigenvalue weighted by Gasteiger charge is 2.51. The van der Waals surface area contributed by atoms with Crippen molar-refractivity contribution in [2.45, 2.75) is 18.8 Å². The molecule has 0 saturated carbocycles. The molecule has 0 aromatic heterocycles. The molecular formula is C27H24N4O2S. The zero-order valence-corrected chi connectivity index (χ0v) is 20.0. The van der Waals surface area contributed by atoms with Crippen LogP contribution in [0.1, 0.15) is 16.7 Å². The van der Waals surface area contributed by atoms with Crippen LogP contribution in [0.25, 0.3) is 0 Å². The molecule has 0 amide bonds. The Morgan fingerprint density at radius 2 is 1.41 bits per heavy atom. The Hall–Kier alpha value is -3.84. The zero-order valence-electron chi connectivity index (χ0n) is 19.2. The van der Waals surface area contributed by atoms with Gasteiger partial charge in [0.2, 0.25) is 10.0 Å². The predicted octanol–water partition coefficient (Wildman–Crippen LogP) is 5.48. The van der Waals surface area contributed by atoms with Gasteiger partial charge in [0.1, 0.15) is 0 Å². The summed E-state index contributed by atoms with van der Waals surface area (Å²) in [6.07, 6.45) is 4.04. The highest BCUT2D eigenvalue weighted by Crippen LogP contribution is 2.48. The molecule has 5 rings (SSSR count). The van der Waals surface area contributed by atoms with Crippen LogP contribution in [-0.4, -0.2) is 28.8 Å². The summed E-state index contributed by atoms with van der Waals surface area (Å²) < 4.78 is 5.02. The van der Waals surface area contributed by atoms with Crippen molar-refractivity contribution >= 4 is 39.9 Å². The Kier molecular flexibility index (Phi) is 5.71. The highest BCUT2D eigenvalue weighted by molar-refractivity contribution is 8.17. The molecule has 34 heavy (non-hydrogen) atoms. The Labute approximate surface area is 203 Å². The molecule has 3 aromatic rings. The van der Waals surface area contributed by atoms with Crippen LogP contribution >= 0.6 is 11.8 Å². The lowest BCUT2D eigenvalue weighted by atomic mass is 10.1. The Morgan fingerprint density at radius 1 is 0.824 bits per heavy atom. The molecule has 0 N–H and O–H groups in total. The van der Waals surface area contributed by atoms with Gasteiger partial charge in [0.25, 0.3) is 0 Å². The number of carbonyl (C=O) groups is 1. The summed E-state index contributed by atoms with van der Waals surface area (Å²) in [6.45, 7) is 4.10. The third-order valence-electron chi connectivity index (χ3n) is 5.70. The number of hydrogen-bond donors (Lipinski definition) is 0. The fourth-order valence-corrected chi connectivity index (χ4v) is 5.04. The van der Waals surface area contributed by atoms with E-state index < -0.39 is 11.0 Å². The molecule has 1 atom stereocenters. The Balaban J connectivity index is 1.66. The van der Waals surface area contributed by atoms with E-state index in [4.69, 9.17) is 14.9 Å². The lowest BCUT2D eigenvalue weighted by Gasteiger charge is -2.43. The maximum atomic E-state index is 12.6. The number of esters is 1. The summed E-state index contributed by atoms with van der Waals surface area (Å²) in [6, 6.07) is 26.2. The quantitative estimate of drug-likeness (QED) is 0.475. The molecule has 0 aliphatic carbocycles. The van der Waals surface area contributed by atoms with E-state index in [2.05, 4.69) is 31.2 Å². The molecule has 2 heterocycles. The van der Waals surface area contributed by atoms with Crippen LogP contribution in [0.15, 0.2) is 101 Å². The van der Waals surface area contributed by atoms with Gasteiger partial charge in [-0.25, -0.2) is 14.8 Å². The molecule has 2 aliphatic rings. The van der Waals surface area contributed by atoms with E-state index in [1.807, 2.05) is 83.7 Å². The van der Waals surface area contributed by atoms with Crippen LogP contribution in [-0.2, 0) is 9.53 Å². The third kappa shape index (κ3) is 3.88. The third-order valence-corrected chi connectivity index (χ3v) is 6.92. The van der Waals surface area contributed by atoms with Crippen molar-refractivity contribution in [1.29, 1.82) is 0 Å². The lowest BCUT2D eigenvalue weighted by molar-refractivity contribution is -0.132. The maximum Gasteiger partial charge on any atom is 0.365 e. The molecular weight excluding hydrogens is 444 g/mol. The van der Waals surface area contributed by atoms with Crippen LogP contribution in [0.2, 0.25) is 0 Å². The molecule has 7 heteroatoms. The number of methoxy groups -OCH3 is 1. The summed E-state index contributed by atoms with van der Waals surface area (Å²) in [5.74, 6) is -0.478. The van der Waals surface area contributed by atoms with E-state index in [-0.39, 0.29) is 5.04 Å². The fourth-order valence-electron chi connectivity index (χ4n) is 3.87. The van der Waals surface area contributed by atoms with Crippen molar-refractivity contribution in [3.8, 4) is 0 Å². The number of rotatable bonds is 4. The van der Waals surface area contributed by atoms with Gasteiger partial charge < -0.3 is 4.74 Å². The van der Waals surface area contributed by atoms with Crippen molar-refractivity contribution in [3.63, 3.8) is 0 Å². The molecule has 0 saturated heterocycles. The van der Waals surface area contributed by atoms with Crippen molar-refractivity contribution < 1.29 is 9.53 Å². The van der Waals surface area contributed by atoms with Gasteiger partial charge in [0.05, 0.1) is 24.2 Å². The second-order valence-corrected chi connectivity index (χ2v) is 9.33. The lowest BCUT2D eigenvalue weighted by Crippen LogP contribution is -2.53. The van der Waals surface area contributed by atoms with Crippen LogP contribution in [0.4, 0.5) is 11.4 Å². The number of thioether (sulfide) groups is 1. The van der Waals surface area contributed by atoms with Gasteiger partial charge in [0.15, 0.2) is 0 Å². The molecule has 0 bridgehead atoms. The first-order chi connectivity index (χ1) is 16.5. The topological polar surface area (TPSA) is 57.5 Å². The van der Waals surface area contributed by atoms with Crippen LogP contribution in [0.3, 0.4) is 0 Å². The van der Waals surface area contributed by atoms with Crippen LogP contribution in [0, 0.1) is 13.8 Å². The molecule has 1 spiro atoms. The minimum Gasteiger partial charge on any atom is -0.464 e. The summed E-state index contributed by atoms with van der Waals surface area (Å²) >= 11 is 1.31. The van der Waals surface area contributed by atoms with Gasteiger partial charge in [-0.2, -0.15) is 10.2 Å². The van der Waals surface area contributed by atoms with Crippen molar-refractivity contribution in [1.82, 2.24) is 0 Å². The average Bonchev–Trinajstić information content (AvgIpc) is 3.25. The number of ether oxygens (including phenoxy) is 1. The second kappa shape index (κ2) is 8.83. The molecule has 2 aliphatic heterocycles. The monoisotopic (exact) mass is 468 g/mol. The van der Waals surface area contributed by atoms with E-state index in [0.717, 1.165) is 28.2 Å². The molecule has 3 aromatic carbocycles. The first-order valence-corrected chi connectivity index (χ1v) is 11.7. The average molecular weight is 469 g/mol. The van der Waals surface area contributed by atoms with Gasteiger partial charge in [-0.05, 0) is 62.0 Å². The van der Waals surface area contributed by atoms with E-state index >= 15 is 0 Å². The minimum atomic E-state index is -0.922. The molecule has 0 fully saturated rings. The van der Waals surface area contributed by atoms with E-state index in [0.29, 0.717) is 0 Å². The van der Waals surface area contributed by atoms with Gasteiger partial charge in [0, 0.05) is 5.56 Å². The van der Waals surface area contributed by atoms with Crippen molar-refractivity contribution in [2.24, 2.45) is 10.2 Å². The van der Waals surface area contributed by atoms with Crippen LogP contribution < -0.4 is 10.0 Å². The number of anilines is 2. The highest BCUT2D eigenvalue weighted by atomic mass is 32.2. The maximum absolute atomic E-state index is 12.6. The number of carbonyl (C=O) groups excluding carboxylic acids is 1. The fraction of sp³-hybridized carbons (Fsp3) is 0.148. The molecule has 170 valence electrons. The van der Waals surface area contributed by atoms with Crippen molar-refractivity contribution in [3.05, 3.63) is 108 Å². The molecule has 0 radical (unpaired) electrons. The summed E-state index contributed by atoms with van der Waals surface area (Å²) in [7, 11) is 1.37. The predicted molar refractivity (Wildman–Crippen MR) is 139 cm³/mol. The number of benzene rings is 3. The minimum absolute atomic E-state index is 0.266. The number of allylic oxidation sites excluding steroid dienone is 1. The first kappa shape index (κ1) is 22.0. The van der Waals surface area contributed by atoms with E-state index in [1.165, 1.54) is 24.4 Å². The van der Waals surface area contributed by atoms with E-state index in [1.54, 1.807) is 0 Å². The smallest absolute Gasteiger partial charge is 0.365 e. The molecule has 1 unspecified atom stereocenters. The number of nitrogens with zero attached hydrogens (tertiary/aromatic N) is 4. The number of aryl methyl sites for hydroxylation is 2. The number of para-hydroxylation sites is 1. The Morgan fingerprint density at radius 3 is 2.06 bits per heavy atom. The Bertz CT molecular complexity index is 1300. The summed E-state index contributed by atoms with van der Waals surface area (Å²) in [5, 5.41) is 13.8. The first-order valence-electron chi connectivity index (χ1n) is 10.9. The second-order valence-electron chi connectivity index (χ2n) is 8.14. The van der Waals surface area contributed by atoms with Crippen molar-refractivity contribution in [2.75, 3.05) is 17.1 Å².